The van der Waals surface area contributed by atoms with Crippen LogP contribution < -0.4 is 5.32 Å². The first-order valence-corrected chi connectivity index (χ1v) is 11.0. The van der Waals surface area contributed by atoms with E-state index in [4.69, 9.17) is 4.52 Å². The fourth-order valence-corrected chi connectivity index (χ4v) is 3.76. The summed E-state index contributed by atoms with van der Waals surface area (Å²) in [6.07, 6.45) is 3.81. The number of anilines is 1. The molecule has 1 fully saturated rings. The summed E-state index contributed by atoms with van der Waals surface area (Å²) < 4.78 is 21.7. The number of amides is 1. The lowest BCUT2D eigenvalue weighted by Gasteiger charge is -2.07. The van der Waals surface area contributed by atoms with Crippen molar-refractivity contribution in [1.82, 2.24) is 19.9 Å². The number of carbonyl (C=O) groups excluding carboxylic acids is 1. The van der Waals surface area contributed by atoms with Gasteiger partial charge in [0.25, 0.3) is 5.91 Å². The number of rotatable bonds is 5. The van der Waals surface area contributed by atoms with E-state index in [1.807, 2.05) is 25.1 Å². The fraction of sp³-hybridized carbons (Fsp3) is 0.217. The molecule has 2 aromatic carbocycles. The summed E-state index contributed by atoms with van der Waals surface area (Å²) >= 11 is 3.21. The van der Waals surface area contributed by atoms with Crippen LogP contribution in [0.5, 0.6) is 0 Å². The molecule has 0 spiro atoms. The molecule has 1 amide bonds. The molecule has 5 rings (SSSR count). The Balaban J connectivity index is 1.44. The van der Waals surface area contributed by atoms with Crippen molar-refractivity contribution in [2.24, 2.45) is 0 Å². The Bertz CT molecular complexity index is 1340. The lowest BCUT2D eigenvalue weighted by atomic mass is 10.1. The topological polar surface area (TPSA) is 85.8 Å². The molecule has 0 atom stereocenters. The molecule has 0 saturated heterocycles. The predicted molar refractivity (Wildman–Crippen MR) is 120 cm³/mol. The van der Waals surface area contributed by atoms with Gasteiger partial charge in [-0.15, -0.1) is 0 Å². The standard InChI is InChI=1S/C23H19BrFN5O2/c1-12-3-4-15(21-27-23(32-29-21)14-5-6-14)9-20(12)30-11-17(13(2)28-30)22(31)26-19-8-7-16(24)10-18(19)25/h3-4,7-11,14H,5-6H2,1-2H3,(H,26,31). The third-order valence-electron chi connectivity index (χ3n) is 5.41. The SMILES string of the molecule is Cc1ccc(-c2noc(C3CC3)n2)cc1-n1cc(C(=O)Nc2ccc(Br)cc2F)c(C)n1. The molecule has 1 aliphatic carbocycles. The van der Waals surface area contributed by atoms with Crippen LogP contribution in [0.3, 0.4) is 0 Å². The summed E-state index contributed by atoms with van der Waals surface area (Å²) in [7, 11) is 0. The maximum Gasteiger partial charge on any atom is 0.259 e. The second-order valence-corrected chi connectivity index (χ2v) is 8.80. The van der Waals surface area contributed by atoms with Gasteiger partial charge < -0.3 is 9.84 Å². The van der Waals surface area contributed by atoms with Gasteiger partial charge in [-0.25, -0.2) is 9.07 Å². The molecule has 2 heterocycles. The van der Waals surface area contributed by atoms with Crippen molar-refractivity contribution in [2.75, 3.05) is 5.32 Å². The Morgan fingerprint density at radius 1 is 1.22 bits per heavy atom. The van der Waals surface area contributed by atoms with Gasteiger partial charge in [0, 0.05) is 22.2 Å². The summed E-state index contributed by atoms with van der Waals surface area (Å²) in [5, 5.41) is 11.2. The molecule has 162 valence electrons. The molecule has 4 aromatic rings. The molecule has 1 aliphatic rings. The number of hydrogen-bond acceptors (Lipinski definition) is 5. The second-order valence-electron chi connectivity index (χ2n) is 7.88. The van der Waals surface area contributed by atoms with Crippen LogP contribution in [0, 0.1) is 19.7 Å². The average Bonchev–Trinajstić information content (AvgIpc) is 3.36. The van der Waals surface area contributed by atoms with E-state index in [0.29, 0.717) is 33.4 Å². The van der Waals surface area contributed by atoms with Crippen LogP contribution in [0.2, 0.25) is 0 Å². The Morgan fingerprint density at radius 3 is 2.78 bits per heavy atom. The Kier molecular flexibility index (Phi) is 5.13. The highest BCUT2D eigenvalue weighted by Crippen LogP contribution is 2.39. The first-order valence-electron chi connectivity index (χ1n) is 10.2. The van der Waals surface area contributed by atoms with E-state index in [9.17, 15) is 9.18 Å². The minimum Gasteiger partial charge on any atom is -0.339 e. The number of nitrogens with one attached hydrogen (secondary N) is 1. The summed E-state index contributed by atoms with van der Waals surface area (Å²) in [6.45, 7) is 3.70. The van der Waals surface area contributed by atoms with E-state index in [-0.39, 0.29) is 5.69 Å². The van der Waals surface area contributed by atoms with Crippen molar-refractivity contribution in [3.63, 3.8) is 0 Å². The number of benzene rings is 2. The zero-order valence-corrected chi connectivity index (χ0v) is 19.0. The van der Waals surface area contributed by atoms with E-state index in [1.165, 1.54) is 12.1 Å². The van der Waals surface area contributed by atoms with E-state index in [0.717, 1.165) is 29.7 Å². The molecule has 1 N–H and O–H groups in total. The van der Waals surface area contributed by atoms with Crippen LogP contribution in [-0.4, -0.2) is 25.8 Å². The van der Waals surface area contributed by atoms with Crippen LogP contribution in [0.1, 0.15) is 46.3 Å². The van der Waals surface area contributed by atoms with Crippen LogP contribution >= 0.6 is 15.9 Å². The monoisotopic (exact) mass is 495 g/mol. The minimum absolute atomic E-state index is 0.104. The molecule has 1 saturated carbocycles. The highest BCUT2D eigenvalue weighted by molar-refractivity contribution is 9.10. The zero-order valence-electron chi connectivity index (χ0n) is 17.4. The van der Waals surface area contributed by atoms with Crippen LogP contribution in [0.4, 0.5) is 10.1 Å². The third-order valence-corrected chi connectivity index (χ3v) is 5.90. The maximum absolute atomic E-state index is 14.1. The Labute approximate surface area is 191 Å². The highest BCUT2D eigenvalue weighted by Gasteiger charge is 2.30. The number of hydrogen-bond donors (Lipinski definition) is 1. The fourth-order valence-electron chi connectivity index (χ4n) is 3.43. The van der Waals surface area contributed by atoms with Gasteiger partial charge in [-0.3, -0.25) is 4.79 Å². The van der Waals surface area contributed by atoms with E-state index < -0.39 is 11.7 Å². The largest absolute Gasteiger partial charge is 0.339 e. The van der Waals surface area contributed by atoms with Gasteiger partial charge in [0.1, 0.15) is 5.82 Å². The van der Waals surface area contributed by atoms with Crippen LogP contribution in [0.25, 0.3) is 17.1 Å². The molecule has 2 aromatic heterocycles. The molecule has 32 heavy (non-hydrogen) atoms. The summed E-state index contributed by atoms with van der Waals surface area (Å²) in [5.41, 5.74) is 3.54. The summed E-state index contributed by atoms with van der Waals surface area (Å²) in [5.74, 6) is 0.631. The number of aryl methyl sites for hydroxylation is 2. The summed E-state index contributed by atoms with van der Waals surface area (Å²) in [4.78, 5) is 17.3. The predicted octanol–water partition coefficient (Wildman–Crippen LogP) is 5.57. The quantitative estimate of drug-likeness (QED) is 0.391. The molecular formula is C23H19BrFN5O2. The van der Waals surface area contributed by atoms with Gasteiger partial charge in [0.05, 0.1) is 22.6 Å². The van der Waals surface area contributed by atoms with Gasteiger partial charge >= 0.3 is 0 Å². The van der Waals surface area contributed by atoms with E-state index in [2.05, 4.69) is 36.5 Å². The van der Waals surface area contributed by atoms with Crippen LogP contribution in [-0.2, 0) is 0 Å². The van der Waals surface area contributed by atoms with Crippen molar-refractivity contribution in [3.05, 3.63) is 75.6 Å². The first-order chi connectivity index (χ1) is 15.4. The number of nitrogens with zero attached hydrogens (tertiary/aromatic N) is 4. The first kappa shape index (κ1) is 20.6. The van der Waals surface area contributed by atoms with Crippen molar-refractivity contribution in [3.8, 4) is 17.1 Å². The van der Waals surface area contributed by atoms with Gasteiger partial charge in [-0.2, -0.15) is 10.1 Å². The van der Waals surface area contributed by atoms with Gasteiger partial charge in [0.2, 0.25) is 11.7 Å². The van der Waals surface area contributed by atoms with Crippen molar-refractivity contribution >= 4 is 27.5 Å². The molecule has 0 aliphatic heterocycles. The van der Waals surface area contributed by atoms with E-state index >= 15 is 0 Å². The smallest absolute Gasteiger partial charge is 0.259 e. The van der Waals surface area contributed by atoms with Gasteiger partial charge in [-0.05, 0) is 56.5 Å². The zero-order chi connectivity index (χ0) is 22.4. The maximum atomic E-state index is 14.1. The number of aromatic nitrogens is 4. The van der Waals surface area contributed by atoms with Crippen molar-refractivity contribution < 1.29 is 13.7 Å². The molecule has 9 heteroatoms. The second kappa shape index (κ2) is 7.98. The summed E-state index contributed by atoms with van der Waals surface area (Å²) in [6, 6.07) is 10.3. The van der Waals surface area contributed by atoms with E-state index in [1.54, 1.807) is 23.9 Å². The van der Waals surface area contributed by atoms with Crippen molar-refractivity contribution in [2.45, 2.75) is 32.6 Å². The normalized spacial score (nSPS) is 13.4. The van der Waals surface area contributed by atoms with Crippen LogP contribution in [0.15, 0.2) is 51.6 Å². The molecule has 0 unspecified atom stereocenters. The Morgan fingerprint density at radius 2 is 2.03 bits per heavy atom. The third kappa shape index (κ3) is 3.95. The van der Waals surface area contributed by atoms with Gasteiger partial charge in [0.15, 0.2) is 0 Å². The molecule has 0 bridgehead atoms. The Hall–Kier alpha value is -3.33. The molecular weight excluding hydrogens is 477 g/mol. The number of halogens is 2. The molecule has 7 nitrogen and oxygen atoms in total. The van der Waals surface area contributed by atoms with Gasteiger partial charge in [-0.1, -0.05) is 33.2 Å². The average molecular weight is 496 g/mol. The van der Waals surface area contributed by atoms with Crippen molar-refractivity contribution in [1.29, 1.82) is 0 Å². The molecule has 0 radical (unpaired) electrons. The minimum atomic E-state index is -0.521. The number of carbonyl (C=O) groups is 1. The lowest BCUT2D eigenvalue weighted by molar-refractivity contribution is 0.102. The highest BCUT2D eigenvalue weighted by atomic mass is 79.9. The lowest BCUT2D eigenvalue weighted by Crippen LogP contribution is -2.13.